The summed E-state index contributed by atoms with van der Waals surface area (Å²) >= 11 is 0. The van der Waals surface area contributed by atoms with E-state index in [0.717, 1.165) is 43.8 Å². The van der Waals surface area contributed by atoms with Gasteiger partial charge in [0.25, 0.3) is 0 Å². The van der Waals surface area contributed by atoms with Gasteiger partial charge in [0.1, 0.15) is 5.75 Å². The smallest absolute Gasteiger partial charge is 0.119 e. The van der Waals surface area contributed by atoms with Crippen LogP contribution in [-0.4, -0.2) is 36.2 Å². The van der Waals surface area contributed by atoms with Crippen LogP contribution in [0.1, 0.15) is 56.6 Å². The normalized spacial score (nSPS) is 18.2. The second kappa shape index (κ2) is 9.38. The highest BCUT2D eigenvalue weighted by Gasteiger charge is 2.39. The summed E-state index contributed by atoms with van der Waals surface area (Å²) in [5.41, 5.74) is 1.32. The van der Waals surface area contributed by atoms with Crippen LogP contribution in [-0.2, 0) is 5.60 Å². The van der Waals surface area contributed by atoms with Crippen LogP contribution in [0.5, 0.6) is 5.75 Å². The van der Waals surface area contributed by atoms with Crippen LogP contribution in [0.2, 0.25) is 0 Å². The van der Waals surface area contributed by atoms with E-state index in [0.29, 0.717) is 6.61 Å². The molecule has 2 aromatic rings. The molecule has 1 N–H and O–H groups in total. The largest absolute Gasteiger partial charge is 0.494 e. The number of aliphatic hydroxyl groups is 1. The van der Waals surface area contributed by atoms with Crippen molar-refractivity contribution in [2.75, 3.05) is 26.2 Å². The van der Waals surface area contributed by atoms with Gasteiger partial charge in [0.15, 0.2) is 0 Å². The van der Waals surface area contributed by atoms with E-state index in [1.54, 1.807) is 0 Å². The van der Waals surface area contributed by atoms with Crippen molar-refractivity contribution in [1.82, 2.24) is 4.90 Å². The highest BCUT2D eigenvalue weighted by molar-refractivity contribution is 5.35. The van der Waals surface area contributed by atoms with E-state index in [1.807, 2.05) is 37.3 Å². The fraction of sp³-hybridized carbons (Fsp3) is 0.500. The number of benzene rings is 2. The third-order valence-electron chi connectivity index (χ3n) is 5.71. The van der Waals surface area contributed by atoms with E-state index >= 15 is 0 Å². The number of hydrogen-bond acceptors (Lipinski definition) is 3. The van der Waals surface area contributed by atoms with Crippen molar-refractivity contribution >= 4 is 0 Å². The first-order valence-electron chi connectivity index (χ1n) is 10.4. The van der Waals surface area contributed by atoms with Crippen molar-refractivity contribution in [3.8, 4) is 5.75 Å². The van der Waals surface area contributed by atoms with E-state index in [9.17, 15) is 5.11 Å². The first-order chi connectivity index (χ1) is 13.2. The minimum absolute atomic E-state index is 0.0506. The van der Waals surface area contributed by atoms with Crippen molar-refractivity contribution in [1.29, 1.82) is 0 Å². The average Bonchev–Trinajstić information content (AvgIpc) is 3.21. The van der Waals surface area contributed by atoms with Gasteiger partial charge in [0.05, 0.1) is 12.2 Å². The Morgan fingerprint density at radius 1 is 1.00 bits per heavy atom. The Kier molecular flexibility index (Phi) is 6.92. The third kappa shape index (κ3) is 4.72. The van der Waals surface area contributed by atoms with Gasteiger partial charge in [0, 0.05) is 12.5 Å². The molecule has 27 heavy (non-hydrogen) atoms. The van der Waals surface area contributed by atoms with Crippen LogP contribution in [0, 0.1) is 0 Å². The molecule has 1 aliphatic heterocycles. The van der Waals surface area contributed by atoms with Gasteiger partial charge in [0.2, 0.25) is 0 Å². The Bertz CT molecular complexity index is 679. The molecule has 0 amide bonds. The van der Waals surface area contributed by atoms with E-state index in [4.69, 9.17) is 4.74 Å². The van der Waals surface area contributed by atoms with Crippen LogP contribution in [0.4, 0.5) is 0 Å². The Morgan fingerprint density at radius 3 is 2.26 bits per heavy atom. The standard InChI is InChI=1S/C24H33NO2/c1-3-16-24(26,21-12-14-22(15-13-21)27-4-2)23(19-25-17-8-9-18-25)20-10-6-5-7-11-20/h5-7,10-15,23,26H,3-4,8-9,16-19H2,1-2H3. The molecular formula is C24H33NO2. The van der Waals surface area contributed by atoms with Crippen molar-refractivity contribution in [3.05, 3.63) is 65.7 Å². The fourth-order valence-corrected chi connectivity index (χ4v) is 4.35. The predicted octanol–water partition coefficient (Wildman–Crippen LogP) is 4.95. The molecule has 2 atom stereocenters. The Morgan fingerprint density at radius 2 is 1.67 bits per heavy atom. The summed E-state index contributed by atoms with van der Waals surface area (Å²) in [6, 6.07) is 18.6. The highest BCUT2D eigenvalue weighted by atomic mass is 16.5. The molecule has 0 radical (unpaired) electrons. The van der Waals surface area contributed by atoms with Gasteiger partial charge in [-0.2, -0.15) is 0 Å². The maximum Gasteiger partial charge on any atom is 0.119 e. The highest BCUT2D eigenvalue weighted by Crippen LogP contribution is 2.42. The zero-order chi connectivity index (χ0) is 19.1. The molecule has 0 aliphatic carbocycles. The lowest BCUT2D eigenvalue weighted by Gasteiger charge is -2.39. The molecule has 0 saturated carbocycles. The Hall–Kier alpha value is -1.84. The Balaban J connectivity index is 1.97. The molecule has 1 fully saturated rings. The summed E-state index contributed by atoms with van der Waals surface area (Å²) < 4.78 is 5.60. The molecule has 0 aromatic heterocycles. The monoisotopic (exact) mass is 367 g/mol. The minimum atomic E-state index is -0.885. The first kappa shape index (κ1) is 19.9. The second-order valence-electron chi connectivity index (χ2n) is 7.60. The lowest BCUT2D eigenvalue weighted by atomic mass is 9.74. The van der Waals surface area contributed by atoms with Gasteiger partial charge in [-0.25, -0.2) is 0 Å². The van der Waals surface area contributed by atoms with Crippen molar-refractivity contribution in [2.45, 2.75) is 51.0 Å². The number of likely N-dealkylation sites (tertiary alicyclic amines) is 1. The van der Waals surface area contributed by atoms with E-state index in [-0.39, 0.29) is 5.92 Å². The van der Waals surface area contributed by atoms with Crippen LogP contribution in [0.3, 0.4) is 0 Å². The van der Waals surface area contributed by atoms with Gasteiger partial charge in [-0.3, -0.25) is 0 Å². The quantitative estimate of drug-likeness (QED) is 0.680. The van der Waals surface area contributed by atoms with E-state index < -0.39 is 5.60 Å². The minimum Gasteiger partial charge on any atom is -0.494 e. The number of hydrogen-bond donors (Lipinski definition) is 1. The first-order valence-corrected chi connectivity index (χ1v) is 10.4. The molecule has 0 bridgehead atoms. The van der Waals surface area contributed by atoms with Crippen LogP contribution in [0.25, 0.3) is 0 Å². The van der Waals surface area contributed by atoms with Crippen LogP contribution >= 0.6 is 0 Å². The van der Waals surface area contributed by atoms with E-state index in [1.165, 1.54) is 18.4 Å². The summed E-state index contributed by atoms with van der Waals surface area (Å²) in [7, 11) is 0. The molecule has 1 aliphatic rings. The van der Waals surface area contributed by atoms with Crippen molar-refractivity contribution in [2.24, 2.45) is 0 Å². The van der Waals surface area contributed by atoms with Crippen molar-refractivity contribution in [3.63, 3.8) is 0 Å². The second-order valence-corrected chi connectivity index (χ2v) is 7.60. The molecular weight excluding hydrogens is 334 g/mol. The van der Waals surface area contributed by atoms with Crippen LogP contribution in [0.15, 0.2) is 54.6 Å². The number of ether oxygens (including phenoxy) is 1. The molecule has 0 spiro atoms. The molecule has 3 rings (SSSR count). The van der Waals surface area contributed by atoms with Gasteiger partial charge >= 0.3 is 0 Å². The molecule has 3 nitrogen and oxygen atoms in total. The molecule has 146 valence electrons. The summed E-state index contributed by atoms with van der Waals surface area (Å²) in [6.07, 6.45) is 4.20. The molecule has 1 heterocycles. The van der Waals surface area contributed by atoms with Gasteiger partial charge in [-0.15, -0.1) is 0 Å². The maximum atomic E-state index is 12.0. The zero-order valence-electron chi connectivity index (χ0n) is 16.7. The lowest BCUT2D eigenvalue weighted by molar-refractivity contribution is -0.0117. The lowest BCUT2D eigenvalue weighted by Crippen LogP contribution is -2.40. The molecule has 3 heteroatoms. The molecule has 1 saturated heterocycles. The average molecular weight is 368 g/mol. The van der Waals surface area contributed by atoms with E-state index in [2.05, 4.69) is 36.1 Å². The SMILES string of the molecule is CCCC(O)(c1ccc(OCC)cc1)C(CN1CCCC1)c1ccccc1. The number of nitrogens with zero attached hydrogens (tertiary/aromatic N) is 1. The van der Waals surface area contributed by atoms with Crippen molar-refractivity contribution < 1.29 is 9.84 Å². The summed E-state index contributed by atoms with van der Waals surface area (Å²) in [5, 5.41) is 12.0. The maximum absolute atomic E-state index is 12.0. The third-order valence-corrected chi connectivity index (χ3v) is 5.71. The van der Waals surface area contributed by atoms with Gasteiger partial charge in [-0.05, 0) is 62.5 Å². The molecule has 2 unspecified atom stereocenters. The van der Waals surface area contributed by atoms with Gasteiger partial charge < -0.3 is 14.7 Å². The Labute approximate surface area is 164 Å². The predicted molar refractivity (Wildman–Crippen MR) is 111 cm³/mol. The summed E-state index contributed by atoms with van der Waals surface area (Å²) in [4.78, 5) is 2.51. The topological polar surface area (TPSA) is 32.7 Å². The van der Waals surface area contributed by atoms with Crippen LogP contribution < -0.4 is 4.74 Å². The fourth-order valence-electron chi connectivity index (χ4n) is 4.35. The summed E-state index contributed by atoms with van der Waals surface area (Å²) in [5.74, 6) is 0.908. The summed E-state index contributed by atoms with van der Waals surface area (Å²) in [6.45, 7) is 7.96. The zero-order valence-corrected chi connectivity index (χ0v) is 16.7. The number of rotatable bonds is 9. The molecule has 2 aromatic carbocycles. The van der Waals surface area contributed by atoms with Gasteiger partial charge in [-0.1, -0.05) is 55.8 Å².